The van der Waals surface area contributed by atoms with Crippen molar-refractivity contribution in [2.24, 2.45) is 0 Å². The molecule has 0 bridgehead atoms. The van der Waals surface area contributed by atoms with E-state index >= 15 is 0 Å². The molecule has 0 aliphatic carbocycles. The van der Waals surface area contributed by atoms with Crippen LogP contribution in [0, 0.1) is 0 Å². The molecule has 0 atom stereocenters. The van der Waals surface area contributed by atoms with Gasteiger partial charge < -0.3 is 4.74 Å². The highest BCUT2D eigenvalue weighted by Gasteiger charge is 2.08. The van der Waals surface area contributed by atoms with Crippen molar-refractivity contribution in [1.82, 2.24) is 4.98 Å². The van der Waals surface area contributed by atoms with E-state index in [4.69, 9.17) is 27.9 Å². The number of pyridine rings is 1. The molecule has 1 aromatic heterocycles. The fourth-order valence-corrected chi connectivity index (χ4v) is 2.57. The highest BCUT2D eigenvalue weighted by molar-refractivity contribution is 6.32. The molecular weight excluding hydrogens is 293 g/mol. The molecule has 1 heterocycles. The molecule has 2 nitrogen and oxygen atoms in total. The Morgan fingerprint density at radius 2 is 1.90 bits per heavy atom. The zero-order valence-electron chi connectivity index (χ0n) is 10.5. The quantitative estimate of drug-likeness (QED) is 0.603. The summed E-state index contributed by atoms with van der Waals surface area (Å²) in [6, 6.07) is 15.3. The molecular formula is C16H11Cl2NO. The summed E-state index contributed by atoms with van der Waals surface area (Å²) in [6.07, 6.45) is 1.70. The van der Waals surface area contributed by atoms with Crippen LogP contribution in [-0.2, 0) is 5.88 Å². The number of para-hydroxylation sites is 1. The average Bonchev–Trinajstić information content (AvgIpc) is 2.47. The monoisotopic (exact) mass is 303 g/mol. The third kappa shape index (κ3) is 2.58. The maximum Gasteiger partial charge on any atom is 0.146 e. The van der Waals surface area contributed by atoms with Gasteiger partial charge in [0.15, 0.2) is 0 Å². The first-order valence-electron chi connectivity index (χ1n) is 6.14. The second-order valence-electron chi connectivity index (χ2n) is 4.32. The number of rotatable bonds is 3. The van der Waals surface area contributed by atoms with Crippen LogP contribution in [0.3, 0.4) is 0 Å². The summed E-state index contributed by atoms with van der Waals surface area (Å²) in [5.41, 5.74) is 1.72. The van der Waals surface area contributed by atoms with Crippen molar-refractivity contribution in [3.05, 3.63) is 65.3 Å². The second kappa shape index (κ2) is 5.70. The van der Waals surface area contributed by atoms with Crippen LogP contribution in [0.1, 0.15) is 5.56 Å². The fourth-order valence-electron chi connectivity index (χ4n) is 2.00. The van der Waals surface area contributed by atoms with Gasteiger partial charge in [-0.15, -0.1) is 11.6 Å². The molecule has 0 unspecified atom stereocenters. The predicted octanol–water partition coefficient (Wildman–Crippen LogP) is 5.42. The van der Waals surface area contributed by atoms with Gasteiger partial charge in [-0.05, 0) is 24.3 Å². The van der Waals surface area contributed by atoms with E-state index in [1.807, 2.05) is 42.5 Å². The molecule has 3 aromatic rings. The highest BCUT2D eigenvalue weighted by atomic mass is 35.5. The van der Waals surface area contributed by atoms with Crippen molar-refractivity contribution in [2.75, 3.05) is 0 Å². The first-order valence-corrected chi connectivity index (χ1v) is 7.05. The number of hydrogen-bond acceptors (Lipinski definition) is 2. The minimum absolute atomic E-state index is 0.302. The Morgan fingerprint density at radius 3 is 2.75 bits per heavy atom. The van der Waals surface area contributed by atoms with E-state index in [1.54, 1.807) is 12.3 Å². The van der Waals surface area contributed by atoms with Crippen molar-refractivity contribution in [2.45, 2.75) is 5.88 Å². The number of hydrogen-bond donors (Lipinski definition) is 0. The van der Waals surface area contributed by atoms with Crippen LogP contribution in [0.15, 0.2) is 54.7 Å². The molecule has 20 heavy (non-hydrogen) atoms. The van der Waals surface area contributed by atoms with Gasteiger partial charge in [0.25, 0.3) is 0 Å². The van der Waals surface area contributed by atoms with E-state index in [0.29, 0.717) is 22.4 Å². The zero-order valence-corrected chi connectivity index (χ0v) is 12.0. The molecule has 100 valence electrons. The van der Waals surface area contributed by atoms with Gasteiger partial charge in [0.1, 0.15) is 11.5 Å². The summed E-state index contributed by atoms with van der Waals surface area (Å²) in [4.78, 5) is 4.36. The van der Waals surface area contributed by atoms with Crippen molar-refractivity contribution in [3.8, 4) is 11.5 Å². The van der Waals surface area contributed by atoms with Crippen LogP contribution >= 0.6 is 23.2 Å². The number of benzene rings is 2. The van der Waals surface area contributed by atoms with Crippen LogP contribution in [0.2, 0.25) is 5.02 Å². The molecule has 0 saturated carbocycles. The lowest BCUT2D eigenvalue weighted by Gasteiger charge is -2.11. The number of alkyl halides is 1. The number of halogens is 2. The van der Waals surface area contributed by atoms with Crippen molar-refractivity contribution >= 4 is 34.1 Å². The Balaban J connectivity index is 1.99. The normalized spacial score (nSPS) is 10.7. The van der Waals surface area contributed by atoms with Gasteiger partial charge in [0, 0.05) is 16.0 Å². The lowest BCUT2D eigenvalue weighted by atomic mass is 10.2. The highest BCUT2D eigenvalue weighted by Crippen LogP contribution is 2.32. The summed E-state index contributed by atoms with van der Waals surface area (Å²) in [6.45, 7) is 0. The summed E-state index contributed by atoms with van der Waals surface area (Å²) in [5, 5.41) is 1.63. The van der Waals surface area contributed by atoms with Crippen LogP contribution < -0.4 is 4.74 Å². The van der Waals surface area contributed by atoms with Crippen LogP contribution in [-0.4, -0.2) is 4.98 Å². The Labute approximate surface area is 126 Å². The van der Waals surface area contributed by atoms with Crippen LogP contribution in [0.25, 0.3) is 10.9 Å². The zero-order chi connectivity index (χ0) is 13.9. The van der Waals surface area contributed by atoms with Crippen molar-refractivity contribution in [1.29, 1.82) is 0 Å². The summed E-state index contributed by atoms with van der Waals surface area (Å²) in [5.74, 6) is 1.62. The van der Waals surface area contributed by atoms with E-state index in [2.05, 4.69) is 4.98 Å². The first-order chi connectivity index (χ1) is 9.78. The molecule has 0 spiro atoms. The van der Waals surface area contributed by atoms with Crippen molar-refractivity contribution in [3.63, 3.8) is 0 Å². The molecule has 0 radical (unpaired) electrons. The van der Waals surface area contributed by atoms with Gasteiger partial charge in [-0.2, -0.15) is 0 Å². The number of fused-ring (bicyclic) bond motifs is 1. The Morgan fingerprint density at radius 1 is 1.05 bits per heavy atom. The molecule has 0 amide bonds. The van der Waals surface area contributed by atoms with Gasteiger partial charge >= 0.3 is 0 Å². The Hall–Kier alpha value is -1.77. The Bertz CT molecular complexity index is 758. The van der Waals surface area contributed by atoms with Gasteiger partial charge in [-0.3, -0.25) is 4.98 Å². The van der Waals surface area contributed by atoms with Gasteiger partial charge in [0.2, 0.25) is 0 Å². The maximum absolute atomic E-state index is 6.11. The van der Waals surface area contributed by atoms with E-state index < -0.39 is 0 Å². The minimum atomic E-state index is 0.302. The number of ether oxygens (including phenoxy) is 1. The summed E-state index contributed by atoms with van der Waals surface area (Å²) in [7, 11) is 0. The Kier molecular flexibility index (Phi) is 3.77. The van der Waals surface area contributed by atoms with Crippen molar-refractivity contribution < 1.29 is 4.74 Å². The number of nitrogens with zero attached hydrogens (tertiary/aromatic N) is 1. The maximum atomic E-state index is 6.11. The third-order valence-electron chi connectivity index (χ3n) is 3.00. The fraction of sp³-hybridized carbons (Fsp3) is 0.0625. The summed E-state index contributed by atoms with van der Waals surface area (Å²) < 4.78 is 5.86. The van der Waals surface area contributed by atoms with E-state index in [1.165, 1.54) is 0 Å². The molecule has 0 aliphatic heterocycles. The molecule has 4 heteroatoms. The smallest absolute Gasteiger partial charge is 0.146 e. The molecule has 0 saturated heterocycles. The van der Waals surface area contributed by atoms with Gasteiger partial charge in [-0.25, -0.2) is 0 Å². The summed E-state index contributed by atoms with van der Waals surface area (Å²) >= 11 is 12.0. The second-order valence-corrected chi connectivity index (χ2v) is 4.99. The molecule has 2 aromatic carbocycles. The largest absolute Gasteiger partial charge is 0.455 e. The van der Waals surface area contributed by atoms with Gasteiger partial charge in [-0.1, -0.05) is 35.9 Å². The SMILES string of the molecule is ClCc1c(Cl)cccc1Oc1cnc2ccccc2c1. The first kappa shape index (κ1) is 13.2. The van der Waals surface area contributed by atoms with E-state index in [9.17, 15) is 0 Å². The van der Waals surface area contributed by atoms with E-state index in [0.717, 1.165) is 16.5 Å². The topological polar surface area (TPSA) is 22.1 Å². The van der Waals surface area contributed by atoms with Crippen LogP contribution in [0.5, 0.6) is 11.5 Å². The lowest BCUT2D eigenvalue weighted by Crippen LogP contribution is -1.91. The molecule has 0 aliphatic rings. The van der Waals surface area contributed by atoms with Gasteiger partial charge in [0.05, 0.1) is 17.6 Å². The number of aromatic nitrogens is 1. The molecule has 0 fully saturated rings. The predicted molar refractivity (Wildman–Crippen MR) is 82.8 cm³/mol. The molecule has 0 N–H and O–H groups in total. The average molecular weight is 304 g/mol. The standard InChI is InChI=1S/C16H11Cl2NO/c17-9-13-14(18)5-3-7-16(13)20-12-8-11-4-1-2-6-15(11)19-10-12/h1-8,10H,9H2. The third-order valence-corrected chi connectivity index (χ3v) is 3.62. The van der Waals surface area contributed by atoms with Crippen LogP contribution in [0.4, 0.5) is 0 Å². The minimum Gasteiger partial charge on any atom is -0.455 e. The lowest BCUT2D eigenvalue weighted by molar-refractivity contribution is 0.477. The van der Waals surface area contributed by atoms with E-state index in [-0.39, 0.29) is 0 Å². The molecule has 3 rings (SSSR count).